The number of non-ortho nitro benzene ring substituents is 1. The summed E-state index contributed by atoms with van der Waals surface area (Å²) in [6.45, 7) is 0. The van der Waals surface area contributed by atoms with Crippen molar-refractivity contribution in [3.63, 3.8) is 0 Å². The van der Waals surface area contributed by atoms with Crippen molar-refractivity contribution in [3.8, 4) is 0 Å². The summed E-state index contributed by atoms with van der Waals surface area (Å²) >= 11 is 0.877. The first-order valence-electron chi connectivity index (χ1n) is 7.84. The van der Waals surface area contributed by atoms with E-state index >= 15 is 0 Å². The number of nitrogens with zero attached hydrogens (tertiary/aromatic N) is 4. The van der Waals surface area contributed by atoms with Crippen LogP contribution in [0, 0.1) is 10.1 Å². The van der Waals surface area contributed by atoms with Crippen molar-refractivity contribution in [1.82, 2.24) is 4.98 Å². The van der Waals surface area contributed by atoms with Crippen molar-refractivity contribution in [2.45, 2.75) is 9.10 Å². The van der Waals surface area contributed by atoms with E-state index < -0.39 is 14.8 Å². The van der Waals surface area contributed by atoms with Gasteiger partial charge in [0.1, 0.15) is 10.0 Å². The fourth-order valence-electron chi connectivity index (χ4n) is 2.60. The largest absolute Gasteiger partial charge is 0.383 e. The molecule has 9 nitrogen and oxygen atoms in total. The van der Waals surface area contributed by atoms with E-state index in [1.54, 1.807) is 0 Å². The fraction of sp³-hybridized carbons (Fsp3) is 0. The van der Waals surface area contributed by atoms with Gasteiger partial charge in [-0.05, 0) is 12.1 Å². The highest BCUT2D eigenvalue weighted by Gasteiger charge is 2.23. The molecule has 0 unspecified atom stereocenters. The number of amidine groups is 2. The van der Waals surface area contributed by atoms with Gasteiger partial charge in [0, 0.05) is 23.3 Å². The summed E-state index contributed by atoms with van der Waals surface area (Å²) in [5.74, 6) is 0.700. The van der Waals surface area contributed by atoms with Crippen LogP contribution in [0.15, 0.2) is 73.8 Å². The minimum atomic E-state index is -3.86. The van der Waals surface area contributed by atoms with Crippen molar-refractivity contribution in [3.05, 3.63) is 76.0 Å². The number of aliphatic imine (C=N–C) groups is 2. The minimum absolute atomic E-state index is 0.0241. The standard InChI is InChI=1S/C17H11N5O4S2/c18-15-12-3-1-2-4-13(12)16(20-15)21-17-19-9-14(27-17)28(25,26)11-7-5-10(6-8-11)22(23)24/h1-9H,(H2,18,19,20,21). The Morgan fingerprint density at radius 3 is 2.43 bits per heavy atom. The van der Waals surface area contributed by atoms with E-state index in [2.05, 4.69) is 15.0 Å². The molecule has 140 valence electrons. The van der Waals surface area contributed by atoms with Crippen molar-refractivity contribution >= 4 is 43.7 Å². The van der Waals surface area contributed by atoms with Gasteiger partial charge in [0.15, 0.2) is 5.84 Å². The average molecular weight is 413 g/mol. The Kier molecular flexibility index (Phi) is 4.24. The van der Waals surface area contributed by atoms with E-state index in [0.717, 1.165) is 34.6 Å². The Balaban J connectivity index is 1.67. The Morgan fingerprint density at radius 1 is 1.07 bits per heavy atom. The number of thiazole rings is 1. The van der Waals surface area contributed by atoms with Gasteiger partial charge in [-0.2, -0.15) is 4.99 Å². The van der Waals surface area contributed by atoms with Gasteiger partial charge >= 0.3 is 0 Å². The summed E-state index contributed by atoms with van der Waals surface area (Å²) in [6, 6.07) is 12.0. The van der Waals surface area contributed by atoms with Crippen molar-refractivity contribution in [2.75, 3.05) is 0 Å². The van der Waals surface area contributed by atoms with Gasteiger partial charge < -0.3 is 5.73 Å². The lowest BCUT2D eigenvalue weighted by Crippen LogP contribution is -2.09. The monoisotopic (exact) mass is 413 g/mol. The molecule has 0 saturated heterocycles. The molecule has 0 spiro atoms. The quantitative estimate of drug-likeness (QED) is 0.515. The van der Waals surface area contributed by atoms with Gasteiger partial charge in [-0.3, -0.25) is 10.1 Å². The normalized spacial score (nSPS) is 14.7. The van der Waals surface area contributed by atoms with E-state index in [1.807, 2.05) is 24.3 Å². The zero-order valence-corrected chi connectivity index (χ0v) is 15.6. The zero-order valence-electron chi connectivity index (χ0n) is 14.0. The molecule has 0 amide bonds. The summed E-state index contributed by atoms with van der Waals surface area (Å²) in [5, 5.41) is 10.9. The summed E-state index contributed by atoms with van der Waals surface area (Å²) in [7, 11) is -3.86. The van der Waals surface area contributed by atoms with Crippen molar-refractivity contribution < 1.29 is 13.3 Å². The van der Waals surface area contributed by atoms with Gasteiger partial charge in [0.25, 0.3) is 5.69 Å². The lowest BCUT2D eigenvalue weighted by Gasteiger charge is -2.00. The lowest BCUT2D eigenvalue weighted by atomic mass is 10.1. The van der Waals surface area contributed by atoms with Crippen LogP contribution >= 0.6 is 11.3 Å². The molecule has 4 rings (SSSR count). The van der Waals surface area contributed by atoms with Gasteiger partial charge in [-0.1, -0.05) is 35.6 Å². The number of nitro groups is 1. The molecule has 2 aromatic carbocycles. The van der Waals surface area contributed by atoms with Crippen LogP contribution in [-0.4, -0.2) is 30.0 Å². The lowest BCUT2D eigenvalue weighted by molar-refractivity contribution is -0.384. The van der Waals surface area contributed by atoms with Crippen LogP contribution in [0.2, 0.25) is 0 Å². The molecular weight excluding hydrogens is 402 g/mol. The Hall–Kier alpha value is -3.44. The Morgan fingerprint density at radius 2 is 1.75 bits per heavy atom. The third-order valence-electron chi connectivity index (χ3n) is 3.97. The maximum absolute atomic E-state index is 12.7. The van der Waals surface area contributed by atoms with Crippen LogP contribution in [0.3, 0.4) is 0 Å². The second-order valence-corrected chi connectivity index (χ2v) is 8.88. The summed E-state index contributed by atoms with van der Waals surface area (Å²) in [5.41, 5.74) is 7.20. The summed E-state index contributed by atoms with van der Waals surface area (Å²) in [6.07, 6.45) is 1.20. The van der Waals surface area contributed by atoms with Crippen LogP contribution < -0.4 is 5.73 Å². The maximum atomic E-state index is 12.7. The predicted molar refractivity (Wildman–Crippen MR) is 104 cm³/mol. The number of fused-ring (bicyclic) bond motifs is 1. The first-order valence-corrected chi connectivity index (χ1v) is 10.1. The number of hydrogen-bond acceptors (Lipinski definition) is 8. The molecular formula is C17H11N5O4S2. The number of nitro benzene ring substituents is 1. The molecule has 11 heteroatoms. The van der Waals surface area contributed by atoms with Gasteiger partial charge in [0.05, 0.1) is 16.0 Å². The van der Waals surface area contributed by atoms with E-state index in [0.29, 0.717) is 11.7 Å². The topological polar surface area (TPSA) is 141 Å². The molecule has 0 atom stereocenters. The molecule has 0 fully saturated rings. The summed E-state index contributed by atoms with van der Waals surface area (Å²) < 4.78 is 25.4. The Labute approximate surface area is 163 Å². The Bertz CT molecular complexity index is 1260. The highest BCUT2D eigenvalue weighted by atomic mass is 32.2. The number of hydrogen-bond donors (Lipinski definition) is 1. The number of aromatic nitrogens is 1. The van der Waals surface area contributed by atoms with Crippen molar-refractivity contribution in [1.29, 1.82) is 0 Å². The van der Waals surface area contributed by atoms with E-state index in [1.165, 1.54) is 18.3 Å². The van der Waals surface area contributed by atoms with Crippen LogP contribution in [0.4, 0.5) is 10.8 Å². The molecule has 2 heterocycles. The molecule has 1 aliphatic heterocycles. The SMILES string of the molecule is NC1=NC(=Nc2ncc(S(=O)(=O)c3ccc([N+](=O)[O-])cc3)s2)c2ccccc21. The van der Waals surface area contributed by atoms with Gasteiger partial charge in [0.2, 0.25) is 15.0 Å². The number of benzene rings is 2. The highest BCUT2D eigenvalue weighted by Crippen LogP contribution is 2.32. The second-order valence-electron chi connectivity index (χ2n) is 5.69. The smallest absolute Gasteiger partial charge is 0.269 e. The van der Waals surface area contributed by atoms with Crippen LogP contribution in [0.1, 0.15) is 11.1 Å². The maximum Gasteiger partial charge on any atom is 0.269 e. The van der Waals surface area contributed by atoms with Crippen LogP contribution in [-0.2, 0) is 9.84 Å². The minimum Gasteiger partial charge on any atom is -0.383 e. The van der Waals surface area contributed by atoms with Crippen LogP contribution in [0.5, 0.6) is 0 Å². The molecule has 0 bridgehead atoms. The first kappa shape index (κ1) is 17.9. The van der Waals surface area contributed by atoms with Crippen LogP contribution in [0.25, 0.3) is 0 Å². The molecule has 0 saturated carbocycles. The zero-order chi connectivity index (χ0) is 19.9. The number of sulfone groups is 1. The first-order chi connectivity index (χ1) is 13.4. The fourth-order valence-corrected chi connectivity index (χ4v) is 4.99. The molecule has 2 N–H and O–H groups in total. The molecule has 0 radical (unpaired) electrons. The molecule has 28 heavy (non-hydrogen) atoms. The van der Waals surface area contributed by atoms with E-state index in [4.69, 9.17) is 5.73 Å². The summed E-state index contributed by atoms with van der Waals surface area (Å²) in [4.78, 5) is 22.6. The van der Waals surface area contributed by atoms with E-state index in [9.17, 15) is 18.5 Å². The molecule has 1 aromatic heterocycles. The second kappa shape index (κ2) is 6.62. The van der Waals surface area contributed by atoms with E-state index in [-0.39, 0.29) is 19.9 Å². The van der Waals surface area contributed by atoms with Gasteiger partial charge in [-0.25, -0.2) is 18.4 Å². The highest BCUT2D eigenvalue weighted by molar-refractivity contribution is 7.93. The average Bonchev–Trinajstić information content (AvgIpc) is 3.28. The predicted octanol–water partition coefficient (Wildman–Crippen LogP) is 2.68. The third kappa shape index (κ3) is 3.06. The number of nitrogens with two attached hydrogens (primary N) is 1. The molecule has 3 aromatic rings. The third-order valence-corrected chi connectivity index (χ3v) is 7.09. The molecule has 0 aliphatic carbocycles. The number of rotatable bonds is 4. The van der Waals surface area contributed by atoms with Gasteiger partial charge in [-0.15, -0.1) is 0 Å². The molecule has 1 aliphatic rings. The van der Waals surface area contributed by atoms with Crippen molar-refractivity contribution in [2.24, 2.45) is 15.7 Å².